The lowest BCUT2D eigenvalue weighted by atomic mass is 10.1. The van der Waals surface area contributed by atoms with Crippen molar-refractivity contribution in [2.75, 3.05) is 40.3 Å². The molecule has 2 aliphatic heterocycles. The smallest absolute Gasteiger partial charge is 0.265 e. The number of methoxy groups -OCH3 is 1. The van der Waals surface area contributed by atoms with Crippen LogP contribution in [0.25, 0.3) is 0 Å². The molecule has 0 N–H and O–H groups in total. The lowest BCUT2D eigenvalue weighted by Crippen LogP contribution is -2.46. The van der Waals surface area contributed by atoms with Gasteiger partial charge in [0.25, 0.3) is 5.91 Å². The molecule has 5 rings (SSSR count). The number of rotatable bonds is 6. The van der Waals surface area contributed by atoms with Crippen molar-refractivity contribution in [1.82, 2.24) is 9.80 Å². The van der Waals surface area contributed by atoms with E-state index in [9.17, 15) is 4.79 Å². The standard InChI is InChI=1S/C25H29N3O3S/c1-27-10-12-28(13-11-27)24-26-23(29)25(32-24)16-20(25)14-19-8-9-21(22(15-19)30-2)31-17-18-6-4-3-5-7-18/h3-9,15,20H,10-14,16-17H2,1-2H3/t20-,25?/m1/s1. The summed E-state index contributed by atoms with van der Waals surface area (Å²) in [5.74, 6) is 1.83. The van der Waals surface area contributed by atoms with Crippen LogP contribution < -0.4 is 9.47 Å². The van der Waals surface area contributed by atoms with Crippen molar-refractivity contribution < 1.29 is 14.3 Å². The van der Waals surface area contributed by atoms with Crippen molar-refractivity contribution in [2.24, 2.45) is 10.9 Å². The van der Waals surface area contributed by atoms with Gasteiger partial charge in [-0.05, 0) is 49.1 Å². The van der Waals surface area contributed by atoms with Gasteiger partial charge in [-0.1, -0.05) is 48.2 Å². The zero-order valence-electron chi connectivity index (χ0n) is 18.6. The number of hydrogen-bond acceptors (Lipinski definition) is 6. The summed E-state index contributed by atoms with van der Waals surface area (Å²) in [6, 6.07) is 16.2. The third-order valence-corrected chi connectivity index (χ3v) is 8.17. The van der Waals surface area contributed by atoms with Crippen molar-refractivity contribution in [2.45, 2.75) is 24.2 Å². The van der Waals surface area contributed by atoms with Crippen molar-refractivity contribution in [3.05, 3.63) is 59.7 Å². The summed E-state index contributed by atoms with van der Waals surface area (Å²) in [6.07, 6.45) is 1.74. The van der Waals surface area contributed by atoms with Crippen LogP contribution in [-0.2, 0) is 17.8 Å². The molecule has 1 saturated heterocycles. The third-order valence-electron chi connectivity index (χ3n) is 6.60. The zero-order valence-corrected chi connectivity index (χ0v) is 19.4. The highest BCUT2D eigenvalue weighted by molar-refractivity contribution is 8.16. The minimum atomic E-state index is -0.353. The van der Waals surface area contributed by atoms with Crippen LogP contribution in [0, 0.1) is 5.92 Å². The van der Waals surface area contributed by atoms with Gasteiger partial charge in [0.15, 0.2) is 16.7 Å². The van der Waals surface area contributed by atoms with Gasteiger partial charge < -0.3 is 19.3 Å². The third kappa shape index (κ3) is 4.24. The van der Waals surface area contributed by atoms with Crippen LogP contribution in [0.3, 0.4) is 0 Å². The van der Waals surface area contributed by atoms with Gasteiger partial charge in [0, 0.05) is 26.2 Å². The van der Waals surface area contributed by atoms with Gasteiger partial charge in [0.1, 0.15) is 11.4 Å². The zero-order chi connectivity index (χ0) is 22.1. The molecule has 2 fully saturated rings. The molecule has 6 nitrogen and oxygen atoms in total. The predicted molar refractivity (Wildman–Crippen MR) is 127 cm³/mol. The van der Waals surface area contributed by atoms with E-state index in [0.717, 1.165) is 66.8 Å². The lowest BCUT2D eigenvalue weighted by molar-refractivity contribution is -0.118. The van der Waals surface area contributed by atoms with Crippen molar-refractivity contribution in [1.29, 1.82) is 0 Å². The Labute approximate surface area is 193 Å². The molecule has 0 radical (unpaired) electrons. The Bertz CT molecular complexity index is 1020. The fourth-order valence-corrected chi connectivity index (χ4v) is 5.89. The van der Waals surface area contributed by atoms with E-state index in [4.69, 9.17) is 9.47 Å². The van der Waals surface area contributed by atoms with Gasteiger partial charge in [0.05, 0.1) is 7.11 Å². The number of hydrogen-bond donors (Lipinski definition) is 0. The largest absolute Gasteiger partial charge is 0.493 e. The highest BCUT2D eigenvalue weighted by Gasteiger charge is 2.64. The number of amides is 1. The van der Waals surface area contributed by atoms with Gasteiger partial charge in [-0.25, -0.2) is 0 Å². The van der Waals surface area contributed by atoms with Gasteiger partial charge in [-0.3, -0.25) is 4.79 Å². The molecule has 1 unspecified atom stereocenters. The molecule has 0 bridgehead atoms. The number of likely N-dealkylation sites (N-methyl/N-ethyl adjacent to an activating group) is 1. The topological polar surface area (TPSA) is 54.4 Å². The number of amidine groups is 1. The number of benzene rings is 2. The van der Waals surface area contributed by atoms with E-state index >= 15 is 0 Å². The van der Waals surface area contributed by atoms with Crippen LogP contribution in [0.1, 0.15) is 17.5 Å². The van der Waals surface area contributed by atoms with E-state index in [1.807, 2.05) is 42.5 Å². The van der Waals surface area contributed by atoms with Gasteiger partial charge in [0.2, 0.25) is 0 Å². The van der Waals surface area contributed by atoms with E-state index in [0.29, 0.717) is 12.5 Å². The maximum atomic E-state index is 12.8. The molecule has 2 heterocycles. The summed E-state index contributed by atoms with van der Waals surface area (Å²) in [5, 5.41) is 0.924. The number of carbonyl (C=O) groups is 1. The Morgan fingerprint density at radius 2 is 1.84 bits per heavy atom. The monoisotopic (exact) mass is 451 g/mol. The summed E-state index contributed by atoms with van der Waals surface area (Å²) in [5.41, 5.74) is 2.28. The molecular formula is C25H29N3O3S. The van der Waals surface area contributed by atoms with Crippen molar-refractivity contribution >= 4 is 22.8 Å². The van der Waals surface area contributed by atoms with Crippen LogP contribution >= 0.6 is 11.8 Å². The lowest BCUT2D eigenvalue weighted by Gasteiger charge is -2.33. The van der Waals surface area contributed by atoms with Crippen LogP contribution in [0.15, 0.2) is 53.5 Å². The number of piperazine rings is 1. The molecule has 2 atom stereocenters. The molecule has 168 valence electrons. The van der Waals surface area contributed by atoms with Crippen LogP contribution in [0.5, 0.6) is 11.5 Å². The Balaban J connectivity index is 1.20. The number of ether oxygens (including phenoxy) is 2. The van der Waals surface area contributed by atoms with Gasteiger partial charge >= 0.3 is 0 Å². The average molecular weight is 452 g/mol. The van der Waals surface area contributed by atoms with E-state index in [1.165, 1.54) is 0 Å². The number of aliphatic imine (C=N–C) groups is 1. The minimum absolute atomic E-state index is 0.0520. The molecule has 2 aromatic carbocycles. The average Bonchev–Trinajstić information content (AvgIpc) is 3.40. The van der Waals surface area contributed by atoms with Crippen LogP contribution in [0.4, 0.5) is 0 Å². The second-order valence-corrected chi connectivity index (χ2v) is 10.1. The highest BCUT2D eigenvalue weighted by Crippen LogP contribution is 2.60. The molecule has 1 saturated carbocycles. The molecule has 0 aromatic heterocycles. The molecule has 3 aliphatic rings. The molecule has 1 aliphatic carbocycles. The Hall–Kier alpha value is -2.51. The first-order chi connectivity index (χ1) is 15.6. The summed E-state index contributed by atoms with van der Waals surface area (Å²) in [7, 11) is 3.80. The van der Waals surface area contributed by atoms with E-state index in [-0.39, 0.29) is 10.7 Å². The molecule has 2 aromatic rings. The first-order valence-electron chi connectivity index (χ1n) is 11.2. The Morgan fingerprint density at radius 3 is 2.59 bits per heavy atom. The predicted octanol–water partition coefficient (Wildman–Crippen LogP) is 3.45. The quantitative estimate of drug-likeness (QED) is 0.671. The SMILES string of the molecule is COc1cc(C[C@@H]2CC23SC(N2CCN(C)CC2)=NC3=O)ccc1OCc1ccccc1. The van der Waals surface area contributed by atoms with E-state index < -0.39 is 0 Å². The fraction of sp³-hybridized carbons (Fsp3) is 0.440. The van der Waals surface area contributed by atoms with Crippen molar-refractivity contribution in [3.8, 4) is 11.5 Å². The van der Waals surface area contributed by atoms with Crippen LogP contribution in [0.2, 0.25) is 0 Å². The van der Waals surface area contributed by atoms with Crippen LogP contribution in [-0.4, -0.2) is 66.0 Å². The first kappa shape index (κ1) is 21.3. The molecule has 1 spiro atoms. The van der Waals surface area contributed by atoms with E-state index in [1.54, 1.807) is 18.9 Å². The number of nitrogens with zero attached hydrogens (tertiary/aromatic N) is 3. The summed E-state index contributed by atoms with van der Waals surface area (Å²) < 4.78 is 11.2. The number of carbonyl (C=O) groups excluding carboxylic acids is 1. The minimum Gasteiger partial charge on any atom is -0.493 e. The molecule has 7 heteroatoms. The first-order valence-corrected chi connectivity index (χ1v) is 12.0. The summed E-state index contributed by atoms with van der Waals surface area (Å²) in [4.78, 5) is 21.8. The van der Waals surface area contributed by atoms with E-state index in [2.05, 4.69) is 27.9 Å². The second-order valence-electron chi connectivity index (χ2n) is 8.85. The number of thioether (sulfide) groups is 1. The van der Waals surface area contributed by atoms with Crippen molar-refractivity contribution in [3.63, 3.8) is 0 Å². The second kappa shape index (κ2) is 8.79. The fourth-order valence-electron chi connectivity index (χ4n) is 4.45. The highest BCUT2D eigenvalue weighted by atomic mass is 32.2. The molecular weight excluding hydrogens is 422 g/mol. The van der Waals surface area contributed by atoms with Gasteiger partial charge in [-0.15, -0.1) is 0 Å². The normalized spacial score (nSPS) is 25.2. The maximum absolute atomic E-state index is 12.8. The Kier molecular flexibility index (Phi) is 5.86. The summed E-state index contributed by atoms with van der Waals surface area (Å²) in [6.45, 7) is 4.42. The molecule has 1 amide bonds. The Morgan fingerprint density at radius 1 is 1.06 bits per heavy atom. The maximum Gasteiger partial charge on any atom is 0.265 e. The molecule has 32 heavy (non-hydrogen) atoms. The summed E-state index contributed by atoms with van der Waals surface area (Å²) >= 11 is 1.69. The van der Waals surface area contributed by atoms with Gasteiger partial charge in [-0.2, -0.15) is 4.99 Å².